The van der Waals surface area contributed by atoms with E-state index in [2.05, 4.69) is 93.4 Å². The molecular weight excluding hydrogens is 534 g/mol. The zero-order valence-corrected chi connectivity index (χ0v) is 23.6. The third-order valence-corrected chi connectivity index (χ3v) is 8.24. The third-order valence-electron chi connectivity index (χ3n) is 7.97. The molecule has 1 aliphatic carbocycles. The van der Waals surface area contributed by atoms with E-state index in [4.69, 9.17) is 25.8 Å². The van der Waals surface area contributed by atoms with Gasteiger partial charge in [0.25, 0.3) is 0 Å². The number of ether oxygens (including phenoxy) is 3. The van der Waals surface area contributed by atoms with Gasteiger partial charge in [-0.15, -0.1) is 0 Å². The second-order valence-electron chi connectivity index (χ2n) is 11.0. The number of imidazole rings is 1. The number of hydrogen-bond acceptors (Lipinski definition) is 5. The van der Waals surface area contributed by atoms with Crippen molar-refractivity contribution < 1.29 is 14.2 Å². The lowest BCUT2D eigenvalue weighted by atomic mass is 9.80. The van der Waals surface area contributed by atoms with E-state index in [1.165, 1.54) is 0 Å². The average Bonchev–Trinajstić information content (AvgIpc) is 3.67. The van der Waals surface area contributed by atoms with Gasteiger partial charge in [0.15, 0.2) is 5.79 Å². The highest BCUT2D eigenvalue weighted by Gasteiger charge is 2.51. The van der Waals surface area contributed by atoms with E-state index < -0.39 is 11.4 Å². The van der Waals surface area contributed by atoms with Gasteiger partial charge in [-0.25, -0.2) is 4.98 Å². The van der Waals surface area contributed by atoms with Gasteiger partial charge in [0.1, 0.15) is 23.3 Å². The second kappa shape index (κ2) is 10.2. The molecule has 2 aromatic heterocycles. The third kappa shape index (κ3) is 4.48. The zero-order chi connectivity index (χ0) is 28.0. The minimum absolute atomic E-state index is 0.176. The van der Waals surface area contributed by atoms with Crippen LogP contribution in [0.5, 0.6) is 0 Å². The quantitative estimate of drug-likeness (QED) is 0.156. The number of benzene rings is 3. The number of aromatic nitrogens is 3. The lowest BCUT2D eigenvalue weighted by molar-refractivity contribution is -0.148. The molecule has 3 heterocycles. The Morgan fingerprint density at radius 2 is 1.44 bits per heavy atom. The summed E-state index contributed by atoms with van der Waals surface area (Å²) >= 11 is 6.60. The summed E-state index contributed by atoms with van der Waals surface area (Å²) in [5, 5.41) is 0.545. The van der Waals surface area contributed by atoms with E-state index in [1.54, 1.807) is 18.7 Å². The van der Waals surface area contributed by atoms with Crippen molar-refractivity contribution in [1.82, 2.24) is 14.5 Å². The van der Waals surface area contributed by atoms with Crippen molar-refractivity contribution in [1.29, 1.82) is 0 Å². The molecule has 7 heteroatoms. The number of hydrogen-bond donors (Lipinski definition) is 0. The summed E-state index contributed by atoms with van der Waals surface area (Å²) in [5.74, 6) is -0.746. The SMILES string of the molecule is CC1(C)OC2[C@H](n3cnc4cncc(Cl)c43)C=C(COC(c3ccccc3)(c3ccccc3)c3ccccc3)[C@@H]2O1. The largest absolute Gasteiger partial charge is 0.356 e. The van der Waals surface area contributed by atoms with E-state index in [0.717, 1.165) is 33.3 Å². The van der Waals surface area contributed by atoms with Crippen LogP contribution in [0.2, 0.25) is 5.02 Å². The minimum atomic E-state index is -0.843. The molecule has 0 amide bonds. The van der Waals surface area contributed by atoms with Crippen LogP contribution in [0, 0.1) is 0 Å². The molecule has 3 aromatic carbocycles. The molecule has 0 bridgehead atoms. The molecule has 6 nitrogen and oxygen atoms in total. The smallest absolute Gasteiger partial charge is 0.164 e. The summed E-state index contributed by atoms with van der Waals surface area (Å²) in [4.78, 5) is 8.76. The molecule has 0 spiro atoms. The molecule has 1 saturated heterocycles. The number of halogens is 1. The maximum atomic E-state index is 7.16. The van der Waals surface area contributed by atoms with E-state index >= 15 is 0 Å². The maximum Gasteiger partial charge on any atom is 0.164 e. The van der Waals surface area contributed by atoms with Crippen LogP contribution in [-0.4, -0.2) is 39.1 Å². The Morgan fingerprint density at radius 3 is 2.02 bits per heavy atom. The first kappa shape index (κ1) is 26.1. The van der Waals surface area contributed by atoms with Crippen LogP contribution in [0.25, 0.3) is 11.0 Å². The van der Waals surface area contributed by atoms with E-state index in [-0.39, 0.29) is 18.2 Å². The Hall–Kier alpha value is -3.81. The predicted octanol–water partition coefficient (Wildman–Crippen LogP) is 7.09. The van der Waals surface area contributed by atoms with Gasteiger partial charge >= 0.3 is 0 Å². The Labute approximate surface area is 244 Å². The Balaban J connectivity index is 1.33. The molecule has 0 radical (unpaired) electrons. The summed E-state index contributed by atoms with van der Waals surface area (Å²) < 4.78 is 22.2. The molecule has 1 fully saturated rings. The molecule has 1 aliphatic heterocycles. The summed E-state index contributed by atoms with van der Waals surface area (Å²) in [7, 11) is 0. The minimum Gasteiger partial charge on any atom is -0.356 e. The lowest BCUT2D eigenvalue weighted by Crippen LogP contribution is -2.35. The number of fused-ring (bicyclic) bond motifs is 2. The molecule has 41 heavy (non-hydrogen) atoms. The van der Waals surface area contributed by atoms with Crippen LogP contribution in [0.4, 0.5) is 0 Å². The first-order valence-corrected chi connectivity index (χ1v) is 14.2. The van der Waals surface area contributed by atoms with Crippen LogP contribution in [0.1, 0.15) is 36.6 Å². The summed E-state index contributed by atoms with van der Waals surface area (Å²) in [5.41, 5.74) is 4.88. The fourth-order valence-corrected chi connectivity index (χ4v) is 6.49. The highest BCUT2D eigenvalue weighted by molar-refractivity contribution is 6.34. The Kier molecular flexibility index (Phi) is 6.51. The molecular formula is C34H30ClN3O3. The predicted molar refractivity (Wildman–Crippen MR) is 159 cm³/mol. The van der Waals surface area contributed by atoms with E-state index in [0.29, 0.717) is 11.6 Å². The molecule has 3 atom stereocenters. The highest BCUT2D eigenvalue weighted by atomic mass is 35.5. The topological polar surface area (TPSA) is 58.4 Å². The highest BCUT2D eigenvalue weighted by Crippen LogP contribution is 2.46. The lowest BCUT2D eigenvalue weighted by Gasteiger charge is -2.36. The Morgan fingerprint density at radius 1 is 0.854 bits per heavy atom. The fourth-order valence-electron chi connectivity index (χ4n) is 6.24. The molecule has 0 N–H and O–H groups in total. The van der Waals surface area contributed by atoms with Crippen LogP contribution in [0.3, 0.4) is 0 Å². The average molecular weight is 564 g/mol. The molecule has 2 aliphatic rings. The molecule has 1 unspecified atom stereocenters. The number of pyridine rings is 1. The Bertz CT molecular complexity index is 1610. The molecule has 206 valence electrons. The van der Waals surface area contributed by atoms with Crippen LogP contribution < -0.4 is 0 Å². The monoisotopic (exact) mass is 563 g/mol. The van der Waals surface area contributed by atoms with Crippen LogP contribution in [-0.2, 0) is 19.8 Å². The van der Waals surface area contributed by atoms with Crippen molar-refractivity contribution in [3.8, 4) is 0 Å². The molecule has 5 aromatic rings. The summed E-state index contributed by atoms with van der Waals surface area (Å²) in [6.07, 6.45) is 6.82. The maximum absolute atomic E-state index is 7.16. The van der Waals surface area contributed by atoms with Crippen molar-refractivity contribution in [3.63, 3.8) is 0 Å². The molecule has 0 saturated carbocycles. The standard InChI is InChI=1S/C34H30ClN3O3/c1-33(2)40-31-23(18-29(32(31)41-33)38-22-37-28-20-36-19-27(35)30(28)38)21-39-34(24-12-6-3-7-13-24,25-14-8-4-9-15-25)26-16-10-5-11-17-26/h3-20,22,29,31-32H,21H2,1-2H3/t29-,31+,32?/m1/s1. The van der Waals surface area contributed by atoms with Gasteiger partial charge in [-0.05, 0) is 36.1 Å². The van der Waals surface area contributed by atoms with Gasteiger partial charge in [-0.2, -0.15) is 0 Å². The van der Waals surface area contributed by atoms with Crippen molar-refractivity contribution in [2.24, 2.45) is 0 Å². The summed E-state index contributed by atoms with van der Waals surface area (Å²) in [6, 6.07) is 31.0. The summed E-state index contributed by atoms with van der Waals surface area (Å²) in [6.45, 7) is 4.23. The van der Waals surface area contributed by atoms with Crippen LogP contribution >= 0.6 is 11.6 Å². The number of nitrogens with zero attached hydrogens (tertiary/aromatic N) is 3. The van der Waals surface area contributed by atoms with E-state index in [9.17, 15) is 0 Å². The van der Waals surface area contributed by atoms with Crippen molar-refractivity contribution in [3.05, 3.63) is 143 Å². The van der Waals surface area contributed by atoms with Crippen molar-refractivity contribution in [2.45, 2.75) is 43.5 Å². The van der Waals surface area contributed by atoms with Gasteiger partial charge < -0.3 is 18.8 Å². The van der Waals surface area contributed by atoms with E-state index in [1.807, 2.05) is 32.0 Å². The number of rotatable bonds is 7. The normalized spacial score (nSPS) is 21.6. The van der Waals surface area contributed by atoms with Gasteiger partial charge in [0, 0.05) is 6.20 Å². The van der Waals surface area contributed by atoms with Gasteiger partial charge in [-0.1, -0.05) is 109 Å². The van der Waals surface area contributed by atoms with Gasteiger partial charge in [0.05, 0.1) is 35.7 Å². The first-order valence-electron chi connectivity index (χ1n) is 13.8. The van der Waals surface area contributed by atoms with Crippen LogP contribution in [0.15, 0.2) is 121 Å². The van der Waals surface area contributed by atoms with Crippen molar-refractivity contribution >= 4 is 22.6 Å². The fraction of sp³-hybridized carbons (Fsp3) is 0.235. The van der Waals surface area contributed by atoms with Gasteiger partial charge in [0.2, 0.25) is 0 Å². The zero-order valence-electron chi connectivity index (χ0n) is 22.9. The van der Waals surface area contributed by atoms with Crippen molar-refractivity contribution in [2.75, 3.05) is 6.61 Å². The molecule has 7 rings (SSSR count). The van der Waals surface area contributed by atoms with Gasteiger partial charge in [-0.3, -0.25) is 4.98 Å². The second-order valence-corrected chi connectivity index (χ2v) is 11.4. The first-order chi connectivity index (χ1) is 20.0.